The Morgan fingerprint density at radius 1 is 1.00 bits per heavy atom. The average molecular weight is 391 g/mol. The summed E-state index contributed by atoms with van der Waals surface area (Å²) in [6, 6.07) is 22.3. The summed E-state index contributed by atoms with van der Waals surface area (Å²) >= 11 is 1.22. The van der Waals surface area contributed by atoms with E-state index in [4.69, 9.17) is 10.3 Å². The van der Waals surface area contributed by atoms with Crippen LogP contribution in [0.1, 0.15) is 10.8 Å². The maximum atomic E-state index is 13.0. The van der Waals surface area contributed by atoms with Gasteiger partial charge in [-0.05, 0) is 29.8 Å². The van der Waals surface area contributed by atoms with Gasteiger partial charge in [0.25, 0.3) is 0 Å². The van der Waals surface area contributed by atoms with Crippen molar-refractivity contribution < 1.29 is 9.21 Å². The molecule has 0 fully saturated rings. The van der Waals surface area contributed by atoms with Crippen LogP contribution < -0.4 is 11.2 Å². The van der Waals surface area contributed by atoms with Crippen LogP contribution in [0.15, 0.2) is 88.6 Å². The minimum absolute atomic E-state index is 0.176. The van der Waals surface area contributed by atoms with Crippen LogP contribution in [0.5, 0.6) is 0 Å². The normalized spacial score (nSPS) is 11.9. The molecule has 0 spiro atoms. The first-order valence-corrected chi connectivity index (χ1v) is 9.42. The van der Waals surface area contributed by atoms with E-state index in [9.17, 15) is 4.79 Å². The van der Waals surface area contributed by atoms with Crippen molar-refractivity contribution in [2.45, 2.75) is 10.4 Å². The number of aromatic nitrogens is 3. The number of nitrogens with zero attached hydrogens (tertiary/aromatic N) is 3. The lowest BCUT2D eigenvalue weighted by Gasteiger charge is -2.16. The Hall–Kier alpha value is -3.52. The van der Waals surface area contributed by atoms with E-state index >= 15 is 0 Å². The van der Waals surface area contributed by atoms with E-state index in [1.165, 1.54) is 22.7 Å². The molecule has 0 aliphatic carbocycles. The number of nitrogens with two attached hydrogens (primary N) is 1. The fraction of sp³-hybridized carbons (Fsp3) is 0.0500. The lowest BCUT2D eigenvalue weighted by atomic mass is 10.1. The molecule has 2 aromatic carbocycles. The molecule has 0 saturated heterocycles. The molecule has 0 radical (unpaired) electrons. The largest absolute Gasteiger partial charge is 0.461 e. The highest BCUT2D eigenvalue weighted by molar-refractivity contribution is 8.00. The highest BCUT2D eigenvalue weighted by atomic mass is 32.2. The summed E-state index contributed by atoms with van der Waals surface area (Å²) in [6.45, 7) is 0. The summed E-state index contributed by atoms with van der Waals surface area (Å²) in [7, 11) is 0. The zero-order valence-corrected chi connectivity index (χ0v) is 15.5. The molecule has 4 rings (SSSR count). The van der Waals surface area contributed by atoms with Gasteiger partial charge in [-0.2, -0.15) is 0 Å². The quantitative estimate of drug-likeness (QED) is 0.384. The number of benzene rings is 2. The number of carbonyl (C=O) groups excluding carboxylic acids is 1. The highest BCUT2D eigenvalue weighted by Crippen LogP contribution is 2.36. The first-order chi connectivity index (χ1) is 13.7. The maximum absolute atomic E-state index is 13.0. The fourth-order valence-corrected chi connectivity index (χ4v) is 3.62. The Morgan fingerprint density at radius 3 is 2.39 bits per heavy atom. The molecule has 8 heteroatoms. The van der Waals surface area contributed by atoms with Gasteiger partial charge >= 0.3 is 0 Å². The monoisotopic (exact) mass is 391 g/mol. The summed E-state index contributed by atoms with van der Waals surface area (Å²) in [6.07, 6.45) is 1.54. The lowest BCUT2D eigenvalue weighted by Crippen LogP contribution is -2.20. The molecule has 140 valence electrons. The Bertz CT molecular complexity index is 1050. The van der Waals surface area contributed by atoms with Crippen LogP contribution in [0.4, 0.5) is 5.69 Å². The van der Waals surface area contributed by atoms with Crippen molar-refractivity contribution in [1.29, 1.82) is 0 Å². The van der Waals surface area contributed by atoms with Crippen LogP contribution in [0.3, 0.4) is 0 Å². The standard InChI is InChI=1S/C20H17N5O2S/c21-25-18(16-12-7-13-27-16)23-24-20(25)28-17(14-8-3-1-4-9-14)19(26)22-15-10-5-2-6-11-15/h1-13,17H,21H2,(H,22,26). The van der Waals surface area contributed by atoms with E-state index in [0.717, 1.165) is 11.3 Å². The topological polar surface area (TPSA) is 99.0 Å². The number of rotatable bonds is 6. The average Bonchev–Trinajstić information content (AvgIpc) is 3.37. The third-order valence-electron chi connectivity index (χ3n) is 4.01. The van der Waals surface area contributed by atoms with Crippen molar-refractivity contribution in [3.63, 3.8) is 0 Å². The van der Waals surface area contributed by atoms with Crippen LogP contribution in [0.25, 0.3) is 11.6 Å². The molecular formula is C20H17N5O2S. The Balaban J connectivity index is 1.62. The fourth-order valence-electron chi connectivity index (χ4n) is 2.67. The highest BCUT2D eigenvalue weighted by Gasteiger charge is 2.26. The zero-order chi connectivity index (χ0) is 19.3. The number of nitrogen functional groups attached to an aromatic ring is 1. The third kappa shape index (κ3) is 3.77. The van der Waals surface area contributed by atoms with Crippen LogP contribution >= 0.6 is 11.8 Å². The van der Waals surface area contributed by atoms with Gasteiger partial charge in [-0.25, -0.2) is 4.68 Å². The van der Waals surface area contributed by atoms with Crippen molar-refractivity contribution in [3.8, 4) is 11.6 Å². The molecule has 3 N–H and O–H groups in total. The van der Waals surface area contributed by atoms with E-state index in [-0.39, 0.29) is 5.91 Å². The molecule has 4 aromatic rings. The SMILES string of the molecule is Nn1c(SC(C(=O)Nc2ccccc2)c2ccccc2)nnc1-c1ccco1. The molecule has 1 amide bonds. The van der Waals surface area contributed by atoms with Gasteiger partial charge in [-0.1, -0.05) is 60.3 Å². The van der Waals surface area contributed by atoms with E-state index in [0.29, 0.717) is 16.7 Å². The second-order valence-electron chi connectivity index (χ2n) is 5.92. The minimum atomic E-state index is -0.558. The molecule has 1 atom stereocenters. The van der Waals surface area contributed by atoms with Gasteiger partial charge in [0.15, 0.2) is 5.76 Å². The van der Waals surface area contributed by atoms with E-state index in [1.54, 1.807) is 12.1 Å². The molecule has 0 aliphatic heterocycles. The van der Waals surface area contributed by atoms with Crippen LogP contribution in [-0.4, -0.2) is 20.8 Å². The van der Waals surface area contributed by atoms with Crippen LogP contribution in [0, 0.1) is 0 Å². The number of hydrogen-bond acceptors (Lipinski definition) is 6. The Morgan fingerprint density at radius 2 is 1.71 bits per heavy atom. The molecule has 28 heavy (non-hydrogen) atoms. The van der Waals surface area contributed by atoms with Gasteiger partial charge in [0, 0.05) is 5.69 Å². The summed E-state index contributed by atoms with van der Waals surface area (Å²) in [5, 5.41) is 11.0. The molecule has 0 saturated carbocycles. The first kappa shape index (κ1) is 17.9. The second-order valence-corrected chi connectivity index (χ2v) is 6.99. The Kier molecular flexibility index (Phi) is 5.11. The van der Waals surface area contributed by atoms with Gasteiger partial charge in [0.1, 0.15) is 5.25 Å². The zero-order valence-electron chi connectivity index (χ0n) is 14.7. The molecular weight excluding hydrogens is 374 g/mol. The van der Waals surface area contributed by atoms with Crippen molar-refractivity contribution >= 4 is 23.4 Å². The van der Waals surface area contributed by atoms with Crippen molar-refractivity contribution in [1.82, 2.24) is 14.9 Å². The van der Waals surface area contributed by atoms with E-state index in [1.807, 2.05) is 60.7 Å². The molecule has 1 unspecified atom stereocenters. The molecule has 2 heterocycles. The van der Waals surface area contributed by atoms with Crippen molar-refractivity contribution in [2.24, 2.45) is 0 Å². The predicted molar refractivity (Wildman–Crippen MR) is 108 cm³/mol. The molecule has 0 aliphatic rings. The van der Waals surface area contributed by atoms with E-state index < -0.39 is 5.25 Å². The number of nitrogens with one attached hydrogen (secondary N) is 1. The molecule has 2 aromatic heterocycles. The number of carbonyl (C=O) groups is 1. The predicted octanol–water partition coefficient (Wildman–Crippen LogP) is 3.72. The maximum Gasteiger partial charge on any atom is 0.242 e. The van der Waals surface area contributed by atoms with Crippen LogP contribution in [0.2, 0.25) is 0 Å². The smallest absolute Gasteiger partial charge is 0.242 e. The third-order valence-corrected chi connectivity index (χ3v) is 5.22. The van der Waals surface area contributed by atoms with Gasteiger partial charge < -0.3 is 15.6 Å². The summed E-state index contributed by atoms with van der Waals surface area (Å²) < 4.78 is 6.67. The van der Waals surface area contributed by atoms with E-state index in [2.05, 4.69) is 15.5 Å². The number of furan rings is 1. The summed E-state index contributed by atoms with van der Waals surface area (Å²) in [5.41, 5.74) is 1.56. The molecule has 7 nitrogen and oxygen atoms in total. The number of para-hydroxylation sites is 1. The first-order valence-electron chi connectivity index (χ1n) is 8.54. The van der Waals surface area contributed by atoms with Crippen molar-refractivity contribution in [2.75, 3.05) is 11.2 Å². The van der Waals surface area contributed by atoms with Crippen molar-refractivity contribution in [3.05, 3.63) is 84.6 Å². The second kappa shape index (κ2) is 8.01. The van der Waals surface area contributed by atoms with Crippen LogP contribution in [-0.2, 0) is 4.79 Å². The number of hydrogen-bond donors (Lipinski definition) is 2. The molecule has 0 bridgehead atoms. The van der Waals surface area contributed by atoms with Gasteiger partial charge in [-0.15, -0.1) is 10.2 Å². The number of thioether (sulfide) groups is 1. The number of amides is 1. The summed E-state index contributed by atoms with van der Waals surface area (Å²) in [5.74, 6) is 6.87. The Labute approximate surface area is 165 Å². The number of anilines is 1. The van der Waals surface area contributed by atoms with Gasteiger partial charge in [0.2, 0.25) is 16.9 Å². The van der Waals surface area contributed by atoms with Gasteiger partial charge in [-0.3, -0.25) is 4.79 Å². The van der Waals surface area contributed by atoms with Gasteiger partial charge in [0.05, 0.1) is 6.26 Å². The summed E-state index contributed by atoms with van der Waals surface area (Å²) in [4.78, 5) is 13.0. The lowest BCUT2D eigenvalue weighted by molar-refractivity contribution is -0.115. The minimum Gasteiger partial charge on any atom is -0.461 e.